The third-order valence-corrected chi connectivity index (χ3v) is 2.31. The Bertz CT molecular complexity index is 523. The van der Waals surface area contributed by atoms with Crippen LogP contribution in [0.1, 0.15) is 46.1 Å². The van der Waals surface area contributed by atoms with Crippen molar-refractivity contribution in [3.05, 3.63) is 28.3 Å². The van der Waals surface area contributed by atoms with E-state index in [2.05, 4.69) is 20.3 Å². The van der Waals surface area contributed by atoms with Gasteiger partial charge in [-0.25, -0.2) is 9.78 Å². The van der Waals surface area contributed by atoms with Crippen LogP contribution in [0, 0.1) is 0 Å². The van der Waals surface area contributed by atoms with Gasteiger partial charge >= 0.3 is 6.09 Å². The van der Waals surface area contributed by atoms with E-state index in [0.717, 1.165) is 0 Å². The summed E-state index contributed by atoms with van der Waals surface area (Å²) in [6.45, 7) is 8.89. The number of nitrogens with one attached hydrogen (secondary N) is 1. The lowest BCUT2D eigenvalue weighted by Crippen LogP contribution is -2.44. The van der Waals surface area contributed by atoms with Gasteiger partial charge in [0.15, 0.2) is 12.2 Å². The summed E-state index contributed by atoms with van der Waals surface area (Å²) in [6, 6.07) is 0. The molecule has 1 heterocycles. The Morgan fingerprint density at radius 3 is 2.70 bits per heavy atom. The summed E-state index contributed by atoms with van der Waals surface area (Å²) in [5.41, 5.74) is 7.40. The molecule has 8 heteroatoms. The number of nitrogens with zero attached hydrogens (tertiary/aromatic N) is 4. The summed E-state index contributed by atoms with van der Waals surface area (Å²) in [7, 11) is 0. The fraction of sp³-hybridized carbons (Fsp3) is 0.667. The van der Waals surface area contributed by atoms with Gasteiger partial charge in [-0.1, -0.05) is 5.11 Å². The summed E-state index contributed by atoms with van der Waals surface area (Å²) in [5, 5.41) is 6.14. The second-order valence-electron chi connectivity index (χ2n) is 5.77. The molecule has 0 aromatic carbocycles. The number of azide groups is 1. The topological polar surface area (TPSA) is 113 Å². The molecule has 0 aliphatic heterocycles. The van der Waals surface area contributed by atoms with Crippen LogP contribution < -0.4 is 5.32 Å². The van der Waals surface area contributed by atoms with E-state index in [4.69, 9.17) is 14.7 Å². The van der Waals surface area contributed by atoms with Gasteiger partial charge in [0.2, 0.25) is 0 Å². The number of alkyl carbamates (subject to hydrolysis) is 1. The first-order chi connectivity index (χ1) is 9.15. The summed E-state index contributed by atoms with van der Waals surface area (Å²) in [6.07, 6.45) is 0.685. The van der Waals surface area contributed by atoms with Crippen molar-refractivity contribution in [2.45, 2.75) is 52.3 Å². The Labute approximate surface area is 117 Å². The van der Waals surface area contributed by atoms with Crippen molar-refractivity contribution in [2.24, 2.45) is 5.11 Å². The van der Waals surface area contributed by atoms with Crippen LogP contribution in [0.25, 0.3) is 10.4 Å². The van der Waals surface area contributed by atoms with E-state index in [9.17, 15) is 4.79 Å². The molecule has 110 valence electrons. The Kier molecular flexibility index (Phi) is 4.62. The maximum atomic E-state index is 11.8. The number of aromatic nitrogens is 1. The first-order valence-corrected chi connectivity index (χ1v) is 6.10. The Morgan fingerprint density at radius 1 is 1.50 bits per heavy atom. The molecule has 0 saturated heterocycles. The molecular formula is C12H19N5O3. The third kappa shape index (κ3) is 4.47. The Morgan fingerprint density at radius 2 is 2.15 bits per heavy atom. The average Bonchev–Trinajstić information content (AvgIpc) is 2.71. The number of rotatable bonds is 4. The Balaban J connectivity index is 2.85. The lowest BCUT2D eigenvalue weighted by molar-refractivity contribution is 0.0458. The zero-order chi connectivity index (χ0) is 15.4. The van der Waals surface area contributed by atoms with Crippen LogP contribution in [0.15, 0.2) is 15.9 Å². The average molecular weight is 281 g/mol. The molecular weight excluding hydrogens is 262 g/mol. The number of carbonyl (C=O) groups is 1. The van der Waals surface area contributed by atoms with Crippen molar-refractivity contribution >= 4 is 6.09 Å². The van der Waals surface area contributed by atoms with Crippen LogP contribution in [0.2, 0.25) is 0 Å². The number of ether oxygens (including phenoxy) is 1. The van der Waals surface area contributed by atoms with Crippen molar-refractivity contribution in [2.75, 3.05) is 0 Å². The van der Waals surface area contributed by atoms with Crippen molar-refractivity contribution in [3.63, 3.8) is 0 Å². The zero-order valence-corrected chi connectivity index (χ0v) is 12.3. The van der Waals surface area contributed by atoms with Crippen LogP contribution in [0.3, 0.4) is 0 Å². The van der Waals surface area contributed by atoms with Gasteiger partial charge in [0, 0.05) is 4.91 Å². The summed E-state index contributed by atoms with van der Waals surface area (Å²) < 4.78 is 10.5. The van der Waals surface area contributed by atoms with Gasteiger partial charge < -0.3 is 14.5 Å². The highest BCUT2D eigenvalue weighted by Gasteiger charge is 2.31. The molecule has 1 amide bonds. The number of hydrogen-bond acceptors (Lipinski definition) is 5. The maximum Gasteiger partial charge on any atom is 0.408 e. The molecule has 0 atom stereocenters. The van der Waals surface area contributed by atoms with Crippen LogP contribution in [-0.2, 0) is 16.8 Å². The molecule has 0 unspecified atom stereocenters. The van der Waals surface area contributed by atoms with E-state index in [1.807, 2.05) is 0 Å². The van der Waals surface area contributed by atoms with E-state index in [0.29, 0.717) is 11.5 Å². The summed E-state index contributed by atoms with van der Waals surface area (Å²) >= 11 is 0. The lowest BCUT2D eigenvalue weighted by atomic mass is 10.0. The normalized spacial score (nSPS) is 11.7. The number of carbonyl (C=O) groups excluding carboxylic acids is 1. The fourth-order valence-corrected chi connectivity index (χ4v) is 1.60. The van der Waals surface area contributed by atoms with E-state index < -0.39 is 17.2 Å². The van der Waals surface area contributed by atoms with Gasteiger partial charge in [0.05, 0.1) is 17.8 Å². The molecule has 0 radical (unpaired) electrons. The highest BCUT2D eigenvalue weighted by molar-refractivity contribution is 5.68. The molecule has 1 N–H and O–H groups in total. The molecule has 0 aliphatic rings. The molecule has 0 aliphatic carbocycles. The van der Waals surface area contributed by atoms with E-state index in [1.165, 1.54) is 6.39 Å². The second-order valence-corrected chi connectivity index (χ2v) is 5.77. The van der Waals surface area contributed by atoms with E-state index in [-0.39, 0.29) is 6.54 Å². The number of oxazole rings is 1. The SMILES string of the molecule is CC(C)(C)OC(=O)NC(C)(C)c1ocnc1CN=[N+]=[N-]. The largest absolute Gasteiger partial charge is 0.446 e. The van der Waals surface area contributed by atoms with Gasteiger partial charge in [-0.3, -0.25) is 0 Å². The summed E-state index contributed by atoms with van der Waals surface area (Å²) in [5.74, 6) is 0.427. The molecule has 0 spiro atoms. The Hall–Kier alpha value is -2.21. The highest BCUT2D eigenvalue weighted by Crippen LogP contribution is 2.24. The predicted octanol–water partition coefficient (Wildman–Crippen LogP) is 3.24. The minimum atomic E-state index is -0.834. The zero-order valence-electron chi connectivity index (χ0n) is 12.3. The van der Waals surface area contributed by atoms with Crippen molar-refractivity contribution < 1.29 is 13.9 Å². The molecule has 1 rings (SSSR count). The highest BCUT2D eigenvalue weighted by atomic mass is 16.6. The van der Waals surface area contributed by atoms with Crippen molar-refractivity contribution in [1.29, 1.82) is 0 Å². The lowest BCUT2D eigenvalue weighted by Gasteiger charge is -2.27. The van der Waals surface area contributed by atoms with Crippen molar-refractivity contribution in [1.82, 2.24) is 10.3 Å². The van der Waals surface area contributed by atoms with Crippen molar-refractivity contribution in [3.8, 4) is 0 Å². The minimum absolute atomic E-state index is 0.0573. The van der Waals surface area contributed by atoms with E-state index >= 15 is 0 Å². The first kappa shape index (κ1) is 15.8. The fourth-order valence-electron chi connectivity index (χ4n) is 1.60. The molecule has 0 saturated carbocycles. The minimum Gasteiger partial charge on any atom is -0.446 e. The van der Waals surface area contributed by atoms with Gasteiger partial charge in [-0.15, -0.1) is 0 Å². The van der Waals surface area contributed by atoms with Crippen LogP contribution in [-0.4, -0.2) is 16.7 Å². The van der Waals surface area contributed by atoms with Gasteiger partial charge in [-0.2, -0.15) is 0 Å². The number of hydrogen-bond donors (Lipinski definition) is 1. The molecule has 1 aromatic heterocycles. The molecule has 0 fully saturated rings. The van der Waals surface area contributed by atoms with Crippen LogP contribution in [0.4, 0.5) is 4.79 Å². The smallest absolute Gasteiger partial charge is 0.408 e. The molecule has 1 aromatic rings. The van der Waals surface area contributed by atoms with Gasteiger partial charge in [0.1, 0.15) is 5.60 Å². The monoisotopic (exact) mass is 281 g/mol. The summed E-state index contributed by atoms with van der Waals surface area (Å²) in [4.78, 5) is 18.5. The van der Waals surface area contributed by atoms with Gasteiger partial charge in [-0.05, 0) is 40.1 Å². The van der Waals surface area contributed by atoms with E-state index in [1.54, 1.807) is 34.6 Å². The standard InChI is InChI=1S/C12H19N5O3/c1-11(2,3)20-10(18)16-12(4,5)9-8(6-15-17-13)14-7-19-9/h7H,6H2,1-5H3,(H,16,18). The van der Waals surface area contributed by atoms with Crippen LogP contribution >= 0.6 is 0 Å². The molecule has 8 nitrogen and oxygen atoms in total. The van der Waals surface area contributed by atoms with Gasteiger partial charge in [0.25, 0.3) is 0 Å². The molecule has 20 heavy (non-hydrogen) atoms. The predicted molar refractivity (Wildman–Crippen MR) is 71.7 cm³/mol. The first-order valence-electron chi connectivity index (χ1n) is 6.10. The maximum absolute atomic E-state index is 11.8. The quantitative estimate of drug-likeness (QED) is 0.518. The second kappa shape index (κ2) is 5.83. The number of amides is 1. The molecule has 0 bridgehead atoms. The third-order valence-electron chi connectivity index (χ3n) is 2.31. The van der Waals surface area contributed by atoms with Crippen LogP contribution in [0.5, 0.6) is 0 Å².